The van der Waals surface area contributed by atoms with E-state index in [-0.39, 0.29) is 30.6 Å². The smallest absolute Gasteiger partial charge is 0.252 e. The van der Waals surface area contributed by atoms with Gasteiger partial charge in [-0.15, -0.1) is 11.3 Å². The number of amides is 2. The van der Waals surface area contributed by atoms with Gasteiger partial charge in [-0.2, -0.15) is 0 Å². The Kier molecular flexibility index (Phi) is 6.71. The lowest BCUT2D eigenvalue weighted by Gasteiger charge is -2.38. The molecule has 28 heavy (non-hydrogen) atoms. The molecule has 0 bridgehead atoms. The summed E-state index contributed by atoms with van der Waals surface area (Å²) in [5.74, 6) is -1.000. The fraction of sp³-hybridized carbons (Fsp3) is 0.421. The van der Waals surface area contributed by atoms with Gasteiger partial charge >= 0.3 is 0 Å². The highest BCUT2D eigenvalue weighted by molar-refractivity contribution is 7.09. The average molecular weight is 406 g/mol. The largest absolute Gasteiger partial charge is 0.381 e. The summed E-state index contributed by atoms with van der Waals surface area (Å²) in [7, 11) is 0. The molecule has 0 aliphatic carbocycles. The van der Waals surface area contributed by atoms with E-state index >= 15 is 0 Å². The van der Waals surface area contributed by atoms with Crippen LogP contribution in [0.15, 0.2) is 29.6 Å². The zero-order valence-corrected chi connectivity index (χ0v) is 16.4. The topological polar surface area (TPSA) is 92.4 Å². The number of rotatable bonds is 6. The molecule has 0 unspecified atom stereocenters. The predicted octanol–water partition coefficient (Wildman–Crippen LogP) is 1.58. The van der Waals surface area contributed by atoms with Gasteiger partial charge in [-0.25, -0.2) is 9.37 Å². The molecule has 2 aromatic rings. The molecule has 3 N–H and O–H groups in total. The van der Waals surface area contributed by atoms with Crippen molar-refractivity contribution in [2.45, 2.75) is 31.7 Å². The minimum atomic E-state index is -0.467. The maximum absolute atomic E-state index is 13.3. The zero-order valence-electron chi connectivity index (χ0n) is 15.6. The quantitative estimate of drug-likeness (QED) is 0.634. The number of thiazole rings is 1. The first kappa shape index (κ1) is 20.4. The Bertz CT molecular complexity index is 819. The third-order valence-electron chi connectivity index (χ3n) is 4.65. The number of benzene rings is 1. The number of ether oxygens (including phenoxy) is 1. The van der Waals surface area contributed by atoms with Crippen LogP contribution in [0.4, 0.5) is 4.39 Å². The highest BCUT2D eigenvalue weighted by Crippen LogP contribution is 2.32. The Morgan fingerprint density at radius 1 is 1.18 bits per heavy atom. The van der Waals surface area contributed by atoms with Crippen LogP contribution in [0.25, 0.3) is 0 Å². The first-order chi connectivity index (χ1) is 13.5. The van der Waals surface area contributed by atoms with Gasteiger partial charge in [0.15, 0.2) is 0 Å². The monoisotopic (exact) mass is 406 g/mol. The summed E-state index contributed by atoms with van der Waals surface area (Å²) in [5, 5.41) is 5.83. The van der Waals surface area contributed by atoms with Gasteiger partial charge in [0.25, 0.3) is 5.91 Å². The van der Waals surface area contributed by atoms with Crippen LogP contribution in [0.2, 0.25) is 0 Å². The van der Waals surface area contributed by atoms with E-state index in [1.165, 1.54) is 23.5 Å². The molecule has 3 rings (SSSR count). The molecule has 2 amide bonds. The predicted molar refractivity (Wildman–Crippen MR) is 103 cm³/mol. The lowest BCUT2D eigenvalue weighted by molar-refractivity contribution is -0.128. The van der Waals surface area contributed by atoms with E-state index in [1.54, 1.807) is 12.1 Å². The summed E-state index contributed by atoms with van der Waals surface area (Å²) in [6.45, 7) is 2.97. The first-order valence-corrected chi connectivity index (χ1v) is 9.92. The Morgan fingerprint density at radius 3 is 2.50 bits per heavy atom. The molecule has 0 radical (unpaired) electrons. The van der Waals surface area contributed by atoms with E-state index in [2.05, 4.69) is 21.2 Å². The number of halogens is 1. The van der Waals surface area contributed by atoms with Crippen molar-refractivity contribution in [2.75, 3.05) is 19.8 Å². The zero-order chi connectivity index (χ0) is 20.0. The molecule has 9 heteroatoms. The van der Waals surface area contributed by atoms with Crippen molar-refractivity contribution < 1.29 is 18.7 Å². The summed E-state index contributed by atoms with van der Waals surface area (Å²) >= 11 is 1.40. The van der Waals surface area contributed by atoms with Gasteiger partial charge in [-0.3, -0.25) is 25.8 Å². The lowest BCUT2D eigenvalue weighted by Crippen LogP contribution is -2.52. The fourth-order valence-corrected chi connectivity index (χ4v) is 3.93. The normalized spacial score (nSPS) is 15.8. The summed E-state index contributed by atoms with van der Waals surface area (Å²) in [5.41, 5.74) is 6.12. The third kappa shape index (κ3) is 5.34. The van der Waals surface area contributed by atoms with E-state index in [0.717, 1.165) is 11.3 Å². The van der Waals surface area contributed by atoms with Crippen LogP contribution in [0.1, 0.15) is 29.1 Å². The molecule has 0 saturated carbocycles. The van der Waals surface area contributed by atoms with Gasteiger partial charge in [0.1, 0.15) is 10.8 Å². The number of aromatic nitrogens is 1. The second-order valence-corrected chi connectivity index (χ2v) is 7.65. The standard InChI is InChI=1S/C19H23FN4O3S/c1-13-12-28-18(22-13)10-16(25)23-24-17(26)11-21-19(6-8-27-9-7-19)14-2-4-15(20)5-3-14/h2-5,12,21H,6-11H2,1H3,(H,23,25)(H,24,26). The molecular weight excluding hydrogens is 383 g/mol. The van der Waals surface area contributed by atoms with E-state index in [1.807, 2.05) is 12.3 Å². The molecule has 1 fully saturated rings. The molecule has 150 valence electrons. The Balaban J connectivity index is 1.52. The third-order valence-corrected chi connectivity index (χ3v) is 5.62. The van der Waals surface area contributed by atoms with Crippen LogP contribution in [-0.2, 0) is 26.3 Å². The van der Waals surface area contributed by atoms with Crippen molar-refractivity contribution in [3.63, 3.8) is 0 Å². The molecule has 2 heterocycles. The van der Waals surface area contributed by atoms with Gasteiger partial charge in [0.2, 0.25) is 5.91 Å². The van der Waals surface area contributed by atoms with Crippen molar-refractivity contribution in [2.24, 2.45) is 0 Å². The van der Waals surface area contributed by atoms with Crippen LogP contribution in [0, 0.1) is 12.7 Å². The molecular formula is C19H23FN4O3S. The Hall–Kier alpha value is -2.36. The maximum atomic E-state index is 13.3. The minimum Gasteiger partial charge on any atom is -0.381 e. The molecule has 1 saturated heterocycles. The molecule has 1 aliphatic heterocycles. The van der Waals surface area contributed by atoms with Crippen molar-refractivity contribution in [1.29, 1.82) is 0 Å². The van der Waals surface area contributed by atoms with Gasteiger partial charge < -0.3 is 4.74 Å². The number of nitrogens with zero attached hydrogens (tertiary/aromatic N) is 1. The highest BCUT2D eigenvalue weighted by Gasteiger charge is 2.34. The fourth-order valence-electron chi connectivity index (χ4n) is 3.15. The van der Waals surface area contributed by atoms with Crippen molar-refractivity contribution in [3.8, 4) is 0 Å². The van der Waals surface area contributed by atoms with Crippen LogP contribution in [0.3, 0.4) is 0 Å². The SMILES string of the molecule is Cc1csc(CC(=O)NNC(=O)CNC2(c3ccc(F)cc3)CCOCC2)n1. The van der Waals surface area contributed by atoms with E-state index < -0.39 is 5.54 Å². The van der Waals surface area contributed by atoms with Crippen molar-refractivity contribution in [1.82, 2.24) is 21.2 Å². The minimum absolute atomic E-state index is 0.00795. The molecule has 0 spiro atoms. The number of hydrazine groups is 1. The number of aryl methyl sites for hydroxylation is 1. The first-order valence-electron chi connectivity index (χ1n) is 9.04. The maximum Gasteiger partial charge on any atom is 0.252 e. The van der Waals surface area contributed by atoms with Crippen molar-refractivity contribution >= 4 is 23.2 Å². The summed E-state index contributed by atoms with van der Waals surface area (Å²) in [6.07, 6.45) is 1.45. The molecule has 1 aromatic carbocycles. The van der Waals surface area contributed by atoms with E-state index in [0.29, 0.717) is 31.1 Å². The van der Waals surface area contributed by atoms with E-state index in [4.69, 9.17) is 4.74 Å². The summed E-state index contributed by atoms with van der Waals surface area (Å²) < 4.78 is 18.7. The van der Waals surface area contributed by atoms with Gasteiger partial charge in [0.05, 0.1) is 13.0 Å². The number of carbonyl (C=O) groups excluding carboxylic acids is 2. The Morgan fingerprint density at radius 2 is 1.86 bits per heavy atom. The average Bonchev–Trinajstić information content (AvgIpc) is 3.10. The van der Waals surface area contributed by atoms with Gasteiger partial charge in [-0.1, -0.05) is 12.1 Å². The number of nitrogens with one attached hydrogen (secondary N) is 3. The molecule has 0 atom stereocenters. The number of hydrogen-bond acceptors (Lipinski definition) is 6. The lowest BCUT2D eigenvalue weighted by atomic mass is 9.82. The Labute approximate surface area is 166 Å². The van der Waals surface area contributed by atoms with Crippen LogP contribution in [-0.4, -0.2) is 36.6 Å². The van der Waals surface area contributed by atoms with Gasteiger partial charge in [0, 0.05) is 29.8 Å². The number of carbonyl (C=O) groups is 2. The van der Waals surface area contributed by atoms with Crippen molar-refractivity contribution in [3.05, 3.63) is 51.7 Å². The van der Waals surface area contributed by atoms with Gasteiger partial charge in [-0.05, 0) is 37.5 Å². The molecule has 7 nitrogen and oxygen atoms in total. The van der Waals surface area contributed by atoms with Crippen LogP contribution in [0.5, 0.6) is 0 Å². The summed E-state index contributed by atoms with van der Waals surface area (Å²) in [4.78, 5) is 28.3. The summed E-state index contributed by atoms with van der Waals surface area (Å²) in [6, 6.07) is 6.27. The van der Waals surface area contributed by atoms with Crippen LogP contribution >= 0.6 is 11.3 Å². The second kappa shape index (κ2) is 9.22. The van der Waals surface area contributed by atoms with Crippen LogP contribution < -0.4 is 16.2 Å². The molecule has 1 aliphatic rings. The second-order valence-electron chi connectivity index (χ2n) is 6.71. The number of hydrogen-bond donors (Lipinski definition) is 3. The van der Waals surface area contributed by atoms with E-state index in [9.17, 15) is 14.0 Å². The molecule has 1 aromatic heterocycles. The highest BCUT2D eigenvalue weighted by atomic mass is 32.1.